The van der Waals surface area contributed by atoms with Gasteiger partial charge in [-0.25, -0.2) is 0 Å². The minimum Gasteiger partial charge on any atom is -0.423 e. The van der Waals surface area contributed by atoms with Crippen LogP contribution in [0.5, 0.6) is 0 Å². The van der Waals surface area contributed by atoms with Crippen LogP contribution in [0.25, 0.3) is 11.1 Å². The predicted molar refractivity (Wildman–Crippen MR) is 96.2 cm³/mol. The lowest BCUT2D eigenvalue weighted by atomic mass is 10.3. The Morgan fingerprint density at radius 3 is 2.74 bits per heavy atom. The van der Waals surface area contributed by atoms with E-state index in [2.05, 4.69) is 15.6 Å². The van der Waals surface area contributed by atoms with E-state index >= 15 is 0 Å². The molecule has 0 spiro atoms. The Labute approximate surface area is 147 Å². The van der Waals surface area contributed by atoms with Crippen molar-refractivity contribution in [2.24, 2.45) is 0 Å². The molecule has 2 N–H and O–H groups in total. The fourth-order valence-corrected chi connectivity index (χ4v) is 1.77. The van der Waals surface area contributed by atoms with Gasteiger partial charge in [-0.2, -0.15) is 4.98 Å². The first kappa shape index (κ1) is 21.5. The Kier molecular flexibility index (Phi) is 9.59. The molecule has 2 aromatic rings. The zero-order valence-electron chi connectivity index (χ0n) is 13.3. The molecule has 0 saturated heterocycles. The maximum atomic E-state index is 11.8. The van der Waals surface area contributed by atoms with Crippen molar-refractivity contribution < 1.29 is 13.9 Å². The van der Waals surface area contributed by atoms with Crippen molar-refractivity contribution in [3.05, 3.63) is 18.2 Å². The average molecular weight is 365 g/mol. The van der Waals surface area contributed by atoms with Gasteiger partial charge in [0, 0.05) is 33.4 Å². The van der Waals surface area contributed by atoms with Crippen molar-refractivity contribution in [2.75, 3.05) is 51.1 Å². The Bertz CT molecular complexity index is 619. The highest BCUT2D eigenvalue weighted by molar-refractivity contribution is 5.94. The lowest BCUT2D eigenvalue weighted by Gasteiger charge is -2.06. The Morgan fingerprint density at radius 1 is 1.35 bits per heavy atom. The molecular formula is C14H22Cl2N4O3. The maximum absolute atomic E-state index is 11.8. The molecule has 130 valence electrons. The fraction of sp³-hybridized carbons (Fsp3) is 0.429. The standard InChI is InChI=1S/C14H20N4O3.2ClH/c1-18(2)14-17-11-8-10(4-5-12(11)21-14)16-13(19)9-15-6-7-20-3;;/h4-5,8,15H,6-7,9H2,1-3H3,(H,16,19);2*1H. The van der Waals surface area contributed by atoms with Gasteiger partial charge in [-0.3, -0.25) is 4.79 Å². The van der Waals surface area contributed by atoms with Gasteiger partial charge < -0.3 is 24.7 Å². The minimum absolute atomic E-state index is 0. The first-order chi connectivity index (χ1) is 10.1. The number of rotatable bonds is 7. The van der Waals surface area contributed by atoms with Gasteiger partial charge in [-0.05, 0) is 18.2 Å². The van der Waals surface area contributed by atoms with E-state index in [0.717, 1.165) is 0 Å². The van der Waals surface area contributed by atoms with Gasteiger partial charge in [0.2, 0.25) is 5.91 Å². The summed E-state index contributed by atoms with van der Waals surface area (Å²) in [6.45, 7) is 1.45. The van der Waals surface area contributed by atoms with Crippen LogP contribution in [0.4, 0.5) is 11.7 Å². The number of oxazole rings is 1. The molecule has 0 bridgehead atoms. The summed E-state index contributed by atoms with van der Waals surface area (Å²) < 4.78 is 10.5. The van der Waals surface area contributed by atoms with Gasteiger partial charge >= 0.3 is 0 Å². The zero-order chi connectivity index (χ0) is 15.2. The summed E-state index contributed by atoms with van der Waals surface area (Å²) >= 11 is 0. The predicted octanol–water partition coefficient (Wildman–Crippen LogP) is 1.91. The Morgan fingerprint density at radius 2 is 2.09 bits per heavy atom. The molecule has 1 heterocycles. The van der Waals surface area contributed by atoms with Crippen molar-refractivity contribution in [1.29, 1.82) is 0 Å². The number of fused-ring (bicyclic) bond motifs is 1. The molecule has 0 aliphatic carbocycles. The SMILES string of the molecule is COCCNCC(=O)Nc1ccc2oc(N(C)C)nc2c1.Cl.Cl. The molecule has 0 unspecified atom stereocenters. The molecule has 0 fully saturated rings. The van der Waals surface area contributed by atoms with Crippen molar-refractivity contribution in [3.63, 3.8) is 0 Å². The van der Waals surface area contributed by atoms with Crippen LogP contribution in [0, 0.1) is 0 Å². The van der Waals surface area contributed by atoms with Crippen LogP contribution in [0.2, 0.25) is 0 Å². The van der Waals surface area contributed by atoms with Crippen LogP contribution < -0.4 is 15.5 Å². The van der Waals surface area contributed by atoms with E-state index in [0.29, 0.717) is 36.0 Å². The van der Waals surface area contributed by atoms with Crippen LogP contribution in [0.3, 0.4) is 0 Å². The van der Waals surface area contributed by atoms with Crippen LogP contribution >= 0.6 is 24.8 Å². The normalized spacial score (nSPS) is 9.87. The molecule has 0 saturated carbocycles. The number of hydrogen-bond acceptors (Lipinski definition) is 6. The highest BCUT2D eigenvalue weighted by atomic mass is 35.5. The largest absolute Gasteiger partial charge is 0.423 e. The Balaban J connectivity index is 0.00000242. The average Bonchev–Trinajstić information content (AvgIpc) is 2.87. The number of carbonyl (C=O) groups is 1. The summed E-state index contributed by atoms with van der Waals surface area (Å²) in [5.41, 5.74) is 2.10. The fourth-order valence-electron chi connectivity index (χ4n) is 1.77. The van der Waals surface area contributed by atoms with Crippen molar-refractivity contribution in [3.8, 4) is 0 Å². The number of aromatic nitrogens is 1. The van der Waals surface area contributed by atoms with Gasteiger partial charge in [-0.15, -0.1) is 24.8 Å². The number of amides is 1. The molecule has 1 amide bonds. The number of hydrogen-bond donors (Lipinski definition) is 2. The van der Waals surface area contributed by atoms with Gasteiger partial charge in [0.15, 0.2) is 5.58 Å². The topological polar surface area (TPSA) is 79.6 Å². The maximum Gasteiger partial charge on any atom is 0.297 e. The second-order valence-electron chi connectivity index (χ2n) is 4.79. The van der Waals surface area contributed by atoms with Gasteiger partial charge in [0.05, 0.1) is 13.2 Å². The van der Waals surface area contributed by atoms with Crippen LogP contribution in [-0.4, -0.2) is 51.8 Å². The molecule has 0 aliphatic rings. The Hall–Kier alpha value is -1.54. The lowest BCUT2D eigenvalue weighted by molar-refractivity contribution is -0.115. The number of nitrogens with one attached hydrogen (secondary N) is 2. The highest BCUT2D eigenvalue weighted by Gasteiger charge is 2.09. The van der Waals surface area contributed by atoms with E-state index in [1.165, 1.54) is 0 Å². The van der Waals surface area contributed by atoms with E-state index in [1.807, 2.05) is 14.1 Å². The number of anilines is 2. The first-order valence-electron chi connectivity index (χ1n) is 6.67. The monoisotopic (exact) mass is 364 g/mol. The molecule has 0 radical (unpaired) electrons. The summed E-state index contributed by atoms with van der Waals surface area (Å²) in [6.07, 6.45) is 0. The number of nitrogens with zero attached hydrogens (tertiary/aromatic N) is 2. The van der Waals surface area contributed by atoms with E-state index in [4.69, 9.17) is 9.15 Å². The van der Waals surface area contributed by atoms with E-state index in [9.17, 15) is 4.79 Å². The number of methoxy groups -OCH3 is 1. The molecule has 23 heavy (non-hydrogen) atoms. The van der Waals surface area contributed by atoms with E-state index < -0.39 is 0 Å². The summed E-state index contributed by atoms with van der Waals surface area (Å²) in [6, 6.07) is 5.91. The second kappa shape index (κ2) is 10.3. The summed E-state index contributed by atoms with van der Waals surface area (Å²) in [4.78, 5) is 17.9. The summed E-state index contributed by atoms with van der Waals surface area (Å²) in [5.74, 6) is -0.109. The smallest absolute Gasteiger partial charge is 0.297 e. The third-order valence-corrected chi connectivity index (χ3v) is 2.81. The van der Waals surface area contributed by atoms with Crippen molar-refractivity contribution >= 4 is 53.5 Å². The van der Waals surface area contributed by atoms with Gasteiger partial charge in [-0.1, -0.05) is 0 Å². The molecule has 1 aromatic carbocycles. The molecule has 1 aromatic heterocycles. The highest BCUT2D eigenvalue weighted by Crippen LogP contribution is 2.23. The zero-order valence-corrected chi connectivity index (χ0v) is 14.9. The molecule has 2 rings (SSSR count). The summed E-state index contributed by atoms with van der Waals surface area (Å²) in [5, 5.41) is 5.80. The quantitative estimate of drug-likeness (QED) is 0.730. The minimum atomic E-state index is -0.109. The number of carbonyl (C=O) groups excluding carboxylic acids is 1. The molecule has 7 nitrogen and oxygen atoms in total. The van der Waals surface area contributed by atoms with E-state index in [-0.39, 0.29) is 37.3 Å². The molecule has 0 atom stereocenters. The molecule has 0 aliphatic heterocycles. The number of ether oxygens (including phenoxy) is 1. The number of benzene rings is 1. The third-order valence-electron chi connectivity index (χ3n) is 2.81. The van der Waals surface area contributed by atoms with Crippen molar-refractivity contribution in [1.82, 2.24) is 10.3 Å². The van der Waals surface area contributed by atoms with E-state index in [1.54, 1.807) is 30.2 Å². The van der Waals surface area contributed by atoms with Crippen molar-refractivity contribution in [2.45, 2.75) is 0 Å². The van der Waals surface area contributed by atoms with Crippen LogP contribution in [0.1, 0.15) is 0 Å². The first-order valence-corrected chi connectivity index (χ1v) is 6.67. The van der Waals surface area contributed by atoms with Crippen LogP contribution in [-0.2, 0) is 9.53 Å². The lowest BCUT2D eigenvalue weighted by Crippen LogP contribution is -2.30. The molecular weight excluding hydrogens is 343 g/mol. The summed E-state index contributed by atoms with van der Waals surface area (Å²) in [7, 11) is 5.34. The van der Waals surface area contributed by atoms with Crippen LogP contribution in [0.15, 0.2) is 22.6 Å². The second-order valence-corrected chi connectivity index (χ2v) is 4.79. The van der Waals surface area contributed by atoms with Gasteiger partial charge in [0.25, 0.3) is 6.01 Å². The number of halogens is 2. The van der Waals surface area contributed by atoms with Gasteiger partial charge in [0.1, 0.15) is 5.52 Å². The molecule has 9 heteroatoms. The third kappa shape index (κ3) is 6.23.